The lowest BCUT2D eigenvalue weighted by Crippen LogP contribution is -2.17. The maximum absolute atomic E-state index is 4.94. The number of nitrogens with one attached hydrogen (secondary N) is 2. The first-order valence-corrected chi connectivity index (χ1v) is 10.9. The molecule has 5 rings (SSSR count). The van der Waals surface area contributed by atoms with Gasteiger partial charge in [-0.05, 0) is 42.8 Å². The molecule has 0 aliphatic carbocycles. The molecule has 0 spiro atoms. The molecule has 0 aliphatic heterocycles. The number of aromatic nitrogens is 6. The molecule has 4 heterocycles. The summed E-state index contributed by atoms with van der Waals surface area (Å²) in [6, 6.07) is 18.4. The predicted octanol–water partition coefficient (Wildman–Crippen LogP) is 3.85. The normalized spacial score (nSPS) is 11.2. The number of anilines is 1. The summed E-state index contributed by atoms with van der Waals surface area (Å²) in [6.07, 6.45) is 3.50. The molecule has 0 bridgehead atoms. The molecular weight excluding hydrogens is 412 g/mol. The highest BCUT2D eigenvalue weighted by atomic mass is 15.3. The Morgan fingerprint density at radius 2 is 1.85 bits per heavy atom. The Labute approximate surface area is 192 Å². The minimum atomic E-state index is 0.603. The van der Waals surface area contributed by atoms with E-state index in [-0.39, 0.29) is 0 Å². The average Bonchev–Trinajstić information content (AvgIpc) is 3.46. The molecule has 0 amide bonds. The molecule has 0 fully saturated rings. The van der Waals surface area contributed by atoms with Gasteiger partial charge in [0, 0.05) is 43.8 Å². The van der Waals surface area contributed by atoms with E-state index in [1.54, 1.807) is 10.8 Å². The van der Waals surface area contributed by atoms with Gasteiger partial charge in [0.2, 0.25) is 0 Å². The molecule has 8 nitrogen and oxygen atoms in total. The minimum absolute atomic E-state index is 0.603. The Bertz CT molecular complexity index is 1400. The zero-order valence-electron chi connectivity index (χ0n) is 18.9. The largest absolute Gasteiger partial charge is 0.377 e. The van der Waals surface area contributed by atoms with Crippen molar-refractivity contribution in [2.45, 2.75) is 20.0 Å². The summed E-state index contributed by atoms with van der Waals surface area (Å²) in [6.45, 7) is 3.34. The number of pyridine rings is 2. The van der Waals surface area contributed by atoms with Crippen molar-refractivity contribution >= 4 is 11.3 Å². The minimum Gasteiger partial charge on any atom is -0.377 e. The number of imidazole rings is 1. The zero-order valence-corrected chi connectivity index (χ0v) is 18.9. The molecule has 0 saturated carbocycles. The molecule has 5 aromatic rings. The van der Waals surface area contributed by atoms with E-state index < -0.39 is 0 Å². The van der Waals surface area contributed by atoms with E-state index in [2.05, 4.69) is 63.6 Å². The van der Waals surface area contributed by atoms with Crippen LogP contribution in [0.3, 0.4) is 0 Å². The summed E-state index contributed by atoms with van der Waals surface area (Å²) in [5.41, 5.74) is 7.75. The third-order valence-corrected chi connectivity index (χ3v) is 5.53. The third-order valence-electron chi connectivity index (χ3n) is 5.53. The molecule has 166 valence electrons. The summed E-state index contributed by atoms with van der Waals surface area (Å²) in [4.78, 5) is 19.5. The predicted molar refractivity (Wildman–Crippen MR) is 130 cm³/mol. The van der Waals surface area contributed by atoms with Crippen LogP contribution in [0.15, 0.2) is 67.1 Å². The summed E-state index contributed by atoms with van der Waals surface area (Å²) in [5, 5.41) is 7.79. The highest BCUT2D eigenvalue weighted by molar-refractivity contribution is 5.77. The third kappa shape index (κ3) is 4.33. The van der Waals surface area contributed by atoms with Crippen molar-refractivity contribution in [2.75, 3.05) is 19.0 Å². The van der Waals surface area contributed by atoms with Gasteiger partial charge in [0.05, 0.1) is 23.6 Å². The second kappa shape index (κ2) is 8.84. The topological polar surface area (TPSA) is 87.0 Å². The van der Waals surface area contributed by atoms with Crippen LogP contribution in [0, 0.1) is 6.92 Å². The van der Waals surface area contributed by atoms with Crippen LogP contribution in [-0.4, -0.2) is 43.6 Å². The lowest BCUT2D eigenvalue weighted by molar-refractivity contribution is 0.668. The second-order valence-corrected chi connectivity index (χ2v) is 8.18. The maximum Gasteiger partial charge on any atom is 0.155 e. The molecule has 0 saturated heterocycles. The van der Waals surface area contributed by atoms with Crippen molar-refractivity contribution < 1.29 is 0 Å². The lowest BCUT2D eigenvalue weighted by Gasteiger charge is -2.17. The van der Waals surface area contributed by atoms with E-state index in [1.807, 2.05) is 43.5 Å². The van der Waals surface area contributed by atoms with Gasteiger partial charge in [-0.1, -0.05) is 24.3 Å². The van der Waals surface area contributed by atoms with Crippen molar-refractivity contribution in [3.63, 3.8) is 0 Å². The second-order valence-electron chi connectivity index (χ2n) is 8.18. The molecule has 0 atom stereocenters. The Morgan fingerprint density at radius 1 is 0.970 bits per heavy atom. The van der Waals surface area contributed by atoms with Gasteiger partial charge in [-0.25, -0.2) is 14.5 Å². The standard InChI is InChI=1S/C25H26N8/c1-17-7-6-9-20(29-17)25-24(19-11-12-23-27-16-28-33(23)15-19)30-22(31-25)14-26-13-18-8-4-5-10-21(18)32(2)3/h4-12,15-16,26H,13-14H2,1-3H3,(H,30,31). The van der Waals surface area contributed by atoms with Crippen molar-refractivity contribution in [2.24, 2.45) is 0 Å². The SMILES string of the molecule is Cc1cccc(-c2[nH]c(CNCc3ccccc3N(C)C)nc2-c2ccc3ncnn3c2)n1. The van der Waals surface area contributed by atoms with Gasteiger partial charge in [-0.15, -0.1) is 0 Å². The first-order valence-electron chi connectivity index (χ1n) is 10.9. The summed E-state index contributed by atoms with van der Waals surface area (Å²) >= 11 is 0. The molecule has 4 aromatic heterocycles. The zero-order chi connectivity index (χ0) is 22.8. The highest BCUT2D eigenvalue weighted by Gasteiger charge is 2.16. The number of aryl methyl sites for hydroxylation is 1. The van der Waals surface area contributed by atoms with E-state index in [9.17, 15) is 0 Å². The molecule has 0 aliphatic rings. The van der Waals surface area contributed by atoms with E-state index in [1.165, 1.54) is 11.3 Å². The van der Waals surface area contributed by atoms with Crippen LogP contribution in [0.2, 0.25) is 0 Å². The molecule has 0 radical (unpaired) electrons. The number of H-pyrrole nitrogens is 1. The van der Waals surface area contributed by atoms with E-state index in [0.29, 0.717) is 6.54 Å². The van der Waals surface area contributed by atoms with Crippen molar-refractivity contribution in [3.05, 3.63) is 84.2 Å². The summed E-state index contributed by atoms with van der Waals surface area (Å²) in [7, 11) is 4.12. The number of para-hydroxylation sites is 1. The summed E-state index contributed by atoms with van der Waals surface area (Å²) < 4.78 is 1.76. The fraction of sp³-hybridized carbons (Fsp3) is 0.200. The number of hydrogen-bond donors (Lipinski definition) is 2. The number of aromatic amines is 1. The molecule has 33 heavy (non-hydrogen) atoms. The quantitative estimate of drug-likeness (QED) is 0.401. The van der Waals surface area contributed by atoms with Gasteiger partial charge in [0.15, 0.2) is 5.65 Å². The lowest BCUT2D eigenvalue weighted by atomic mass is 10.1. The molecular formula is C25H26N8. The fourth-order valence-corrected chi connectivity index (χ4v) is 3.95. The van der Waals surface area contributed by atoms with Crippen LogP contribution in [0.4, 0.5) is 5.69 Å². The Morgan fingerprint density at radius 3 is 2.70 bits per heavy atom. The van der Waals surface area contributed by atoms with Crippen LogP contribution in [0.25, 0.3) is 28.3 Å². The first kappa shape index (κ1) is 20.8. The molecule has 2 N–H and O–H groups in total. The van der Waals surface area contributed by atoms with Crippen LogP contribution in [0.1, 0.15) is 17.1 Å². The average molecular weight is 439 g/mol. The van der Waals surface area contributed by atoms with Crippen molar-refractivity contribution in [3.8, 4) is 22.6 Å². The van der Waals surface area contributed by atoms with Gasteiger partial charge in [-0.2, -0.15) is 5.10 Å². The van der Waals surface area contributed by atoms with E-state index >= 15 is 0 Å². The number of fused-ring (bicyclic) bond motifs is 1. The molecule has 0 unspecified atom stereocenters. The van der Waals surface area contributed by atoms with E-state index in [4.69, 9.17) is 9.97 Å². The maximum atomic E-state index is 4.94. The Hall–Kier alpha value is -4.04. The monoisotopic (exact) mass is 438 g/mol. The van der Waals surface area contributed by atoms with Gasteiger partial charge < -0.3 is 15.2 Å². The number of nitrogens with zero attached hydrogens (tertiary/aromatic N) is 6. The highest BCUT2D eigenvalue weighted by Crippen LogP contribution is 2.29. The van der Waals surface area contributed by atoms with Gasteiger partial charge in [0.1, 0.15) is 12.2 Å². The Balaban J connectivity index is 1.46. The van der Waals surface area contributed by atoms with Crippen LogP contribution < -0.4 is 10.2 Å². The molecule has 1 aromatic carbocycles. The van der Waals surface area contributed by atoms with Gasteiger partial charge >= 0.3 is 0 Å². The van der Waals surface area contributed by atoms with Gasteiger partial charge in [0.25, 0.3) is 0 Å². The smallest absolute Gasteiger partial charge is 0.155 e. The van der Waals surface area contributed by atoms with E-state index in [0.717, 1.165) is 46.4 Å². The van der Waals surface area contributed by atoms with Crippen molar-refractivity contribution in [1.29, 1.82) is 0 Å². The van der Waals surface area contributed by atoms with Crippen molar-refractivity contribution in [1.82, 2.24) is 34.9 Å². The van der Waals surface area contributed by atoms with Crippen LogP contribution in [-0.2, 0) is 13.1 Å². The van der Waals surface area contributed by atoms with Crippen LogP contribution in [0.5, 0.6) is 0 Å². The van der Waals surface area contributed by atoms with Crippen LogP contribution >= 0.6 is 0 Å². The first-order chi connectivity index (χ1) is 16.1. The van der Waals surface area contributed by atoms with Gasteiger partial charge in [-0.3, -0.25) is 4.98 Å². The Kier molecular flexibility index (Phi) is 5.58. The number of benzene rings is 1. The fourth-order valence-electron chi connectivity index (χ4n) is 3.95. The number of hydrogen-bond acceptors (Lipinski definition) is 6. The summed E-state index contributed by atoms with van der Waals surface area (Å²) in [5.74, 6) is 0.851. The number of rotatable bonds is 7. The molecule has 8 heteroatoms.